The van der Waals surface area contributed by atoms with Crippen molar-refractivity contribution >= 4 is 16.9 Å². The Balaban J connectivity index is 1.57. The highest BCUT2D eigenvalue weighted by atomic mass is 16.5. The normalized spacial score (nSPS) is 17.1. The molecule has 1 aromatic carbocycles. The second kappa shape index (κ2) is 7.26. The number of pyridine rings is 1. The van der Waals surface area contributed by atoms with Gasteiger partial charge in [-0.25, -0.2) is 4.98 Å². The number of nitrogens with zero attached hydrogens (tertiary/aromatic N) is 3. The van der Waals surface area contributed by atoms with Crippen LogP contribution in [0.5, 0.6) is 11.5 Å². The molecular formula is C20H22N4O3. The molecule has 140 valence electrons. The van der Waals surface area contributed by atoms with Gasteiger partial charge in [-0.15, -0.1) is 0 Å². The molecule has 1 saturated heterocycles. The molecule has 3 aromatic rings. The molecule has 0 bridgehead atoms. The third kappa shape index (κ3) is 3.20. The molecule has 0 spiro atoms. The molecule has 7 heteroatoms. The van der Waals surface area contributed by atoms with E-state index >= 15 is 0 Å². The van der Waals surface area contributed by atoms with Crippen molar-refractivity contribution in [1.29, 1.82) is 0 Å². The summed E-state index contributed by atoms with van der Waals surface area (Å²) in [6, 6.07) is 9.22. The van der Waals surface area contributed by atoms with E-state index in [0.717, 1.165) is 36.1 Å². The molecule has 1 aliphatic heterocycles. The summed E-state index contributed by atoms with van der Waals surface area (Å²) in [5.41, 5.74) is 2.38. The average molecular weight is 366 g/mol. The molecule has 0 saturated carbocycles. The summed E-state index contributed by atoms with van der Waals surface area (Å²) >= 11 is 0. The fraction of sp³-hybridized carbons (Fsp3) is 0.350. The van der Waals surface area contributed by atoms with Gasteiger partial charge in [-0.05, 0) is 43.2 Å². The van der Waals surface area contributed by atoms with Crippen molar-refractivity contribution in [2.45, 2.75) is 18.8 Å². The lowest BCUT2D eigenvalue weighted by molar-refractivity contribution is 0.0706. The predicted molar refractivity (Wildman–Crippen MR) is 101 cm³/mol. The topological polar surface area (TPSA) is 80.3 Å². The molecule has 0 aliphatic carbocycles. The molecule has 2 aromatic heterocycles. The number of benzene rings is 1. The van der Waals surface area contributed by atoms with Crippen LogP contribution in [0.4, 0.5) is 0 Å². The minimum absolute atomic E-state index is 0.00241. The van der Waals surface area contributed by atoms with E-state index in [0.29, 0.717) is 23.6 Å². The van der Waals surface area contributed by atoms with Gasteiger partial charge in [-0.2, -0.15) is 5.10 Å². The van der Waals surface area contributed by atoms with Gasteiger partial charge in [0.15, 0.2) is 17.1 Å². The molecule has 1 atom stereocenters. The van der Waals surface area contributed by atoms with Gasteiger partial charge < -0.3 is 14.4 Å². The molecule has 4 rings (SSSR count). The quantitative estimate of drug-likeness (QED) is 0.768. The average Bonchev–Trinajstić information content (AvgIpc) is 3.17. The summed E-state index contributed by atoms with van der Waals surface area (Å²) in [7, 11) is 3.15. The van der Waals surface area contributed by atoms with Gasteiger partial charge in [-0.3, -0.25) is 9.89 Å². The standard InChI is InChI=1S/C20H22N4O3/c1-26-16-8-7-13(11-17(16)27-2)20(25)24-10-4-5-14(12-24)18-15-6-3-9-21-19(15)23-22-18/h3,6-9,11,14H,4-5,10,12H2,1-2H3,(H,21,22,23). The number of methoxy groups -OCH3 is 2. The van der Waals surface area contributed by atoms with Crippen molar-refractivity contribution in [3.05, 3.63) is 47.8 Å². The molecule has 1 unspecified atom stereocenters. The number of fused-ring (bicyclic) bond motifs is 1. The lowest BCUT2D eigenvalue weighted by atomic mass is 9.93. The number of ether oxygens (including phenoxy) is 2. The van der Waals surface area contributed by atoms with Crippen molar-refractivity contribution in [1.82, 2.24) is 20.1 Å². The zero-order valence-corrected chi connectivity index (χ0v) is 15.4. The molecule has 7 nitrogen and oxygen atoms in total. The van der Waals surface area contributed by atoms with E-state index in [-0.39, 0.29) is 11.8 Å². The highest BCUT2D eigenvalue weighted by molar-refractivity contribution is 5.95. The summed E-state index contributed by atoms with van der Waals surface area (Å²) in [4.78, 5) is 19.2. The molecule has 0 radical (unpaired) electrons. The molecule has 1 N–H and O–H groups in total. The fourth-order valence-electron chi connectivity index (χ4n) is 3.73. The van der Waals surface area contributed by atoms with Crippen LogP contribution in [-0.2, 0) is 0 Å². The van der Waals surface area contributed by atoms with E-state index in [1.165, 1.54) is 0 Å². The van der Waals surface area contributed by atoms with Crippen molar-refractivity contribution in [2.24, 2.45) is 0 Å². The zero-order chi connectivity index (χ0) is 18.8. The Morgan fingerprint density at radius 1 is 1.22 bits per heavy atom. The Bertz CT molecular complexity index is 969. The molecule has 1 amide bonds. The van der Waals surface area contributed by atoms with Crippen LogP contribution in [-0.4, -0.2) is 53.3 Å². The molecule has 27 heavy (non-hydrogen) atoms. The van der Waals surface area contributed by atoms with Crippen LogP contribution in [0.2, 0.25) is 0 Å². The van der Waals surface area contributed by atoms with E-state index < -0.39 is 0 Å². The fourth-order valence-corrected chi connectivity index (χ4v) is 3.73. The second-order valence-electron chi connectivity index (χ2n) is 6.67. The van der Waals surface area contributed by atoms with E-state index in [1.54, 1.807) is 38.6 Å². The minimum Gasteiger partial charge on any atom is -0.493 e. The van der Waals surface area contributed by atoms with Gasteiger partial charge in [0.05, 0.1) is 14.2 Å². The van der Waals surface area contributed by atoms with Gasteiger partial charge in [0.1, 0.15) is 0 Å². The number of carbonyl (C=O) groups is 1. The van der Waals surface area contributed by atoms with Gasteiger partial charge in [0.2, 0.25) is 0 Å². The van der Waals surface area contributed by atoms with Crippen molar-refractivity contribution < 1.29 is 14.3 Å². The monoisotopic (exact) mass is 366 g/mol. The number of nitrogens with one attached hydrogen (secondary N) is 1. The Morgan fingerprint density at radius 2 is 2.07 bits per heavy atom. The summed E-state index contributed by atoms with van der Waals surface area (Å²) < 4.78 is 10.6. The number of likely N-dealkylation sites (tertiary alicyclic amines) is 1. The smallest absolute Gasteiger partial charge is 0.254 e. The lowest BCUT2D eigenvalue weighted by Crippen LogP contribution is -2.39. The SMILES string of the molecule is COc1ccc(C(=O)N2CCCC(c3[nH]nc4ncccc34)C2)cc1OC. The summed E-state index contributed by atoms with van der Waals surface area (Å²) in [6.07, 6.45) is 3.70. The number of H-pyrrole nitrogens is 1. The highest BCUT2D eigenvalue weighted by Crippen LogP contribution is 2.32. The van der Waals surface area contributed by atoms with E-state index in [1.807, 2.05) is 17.0 Å². The van der Waals surface area contributed by atoms with Crippen LogP contribution in [0.15, 0.2) is 36.5 Å². The largest absolute Gasteiger partial charge is 0.493 e. The van der Waals surface area contributed by atoms with Crippen LogP contribution >= 0.6 is 0 Å². The van der Waals surface area contributed by atoms with Crippen LogP contribution < -0.4 is 9.47 Å². The minimum atomic E-state index is 0.00241. The Labute approximate surface area is 157 Å². The first-order valence-electron chi connectivity index (χ1n) is 9.01. The summed E-state index contributed by atoms with van der Waals surface area (Å²) in [5.74, 6) is 1.39. The number of piperidine rings is 1. The van der Waals surface area contributed by atoms with Crippen LogP contribution in [0.25, 0.3) is 11.0 Å². The number of hydrogen-bond acceptors (Lipinski definition) is 5. The molecular weight excluding hydrogens is 344 g/mol. The first-order chi connectivity index (χ1) is 13.2. The second-order valence-corrected chi connectivity index (χ2v) is 6.67. The van der Waals surface area contributed by atoms with Gasteiger partial charge in [0, 0.05) is 41.8 Å². The maximum absolute atomic E-state index is 13.0. The Kier molecular flexibility index (Phi) is 4.66. The summed E-state index contributed by atoms with van der Waals surface area (Å²) in [5, 5.41) is 8.45. The van der Waals surface area contributed by atoms with Crippen LogP contribution in [0.1, 0.15) is 34.8 Å². The van der Waals surface area contributed by atoms with Crippen LogP contribution in [0, 0.1) is 0 Å². The molecule has 1 fully saturated rings. The van der Waals surface area contributed by atoms with Gasteiger partial charge in [-0.1, -0.05) is 0 Å². The number of aromatic nitrogens is 3. The van der Waals surface area contributed by atoms with Crippen molar-refractivity contribution in [3.63, 3.8) is 0 Å². The maximum atomic E-state index is 13.0. The molecule has 3 heterocycles. The van der Waals surface area contributed by atoms with E-state index in [9.17, 15) is 4.79 Å². The first-order valence-corrected chi connectivity index (χ1v) is 9.01. The van der Waals surface area contributed by atoms with Crippen molar-refractivity contribution in [3.8, 4) is 11.5 Å². The van der Waals surface area contributed by atoms with E-state index in [4.69, 9.17) is 9.47 Å². The van der Waals surface area contributed by atoms with Gasteiger partial charge >= 0.3 is 0 Å². The maximum Gasteiger partial charge on any atom is 0.254 e. The number of hydrogen-bond donors (Lipinski definition) is 1. The number of rotatable bonds is 4. The van der Waals surface area contributed by atoms with Gasteiger partial charge in [0.25, 0.3) is 5.91 Å². The lowest BCUT2D eigenvalue weighted by Gasteiger charge is -2.32. The zero-order valence-electron chi connectivity index (χ0n) is 15.4. The Morgan fingerprint density at radius 3 is 2.89 bits per heavy atom. The van der Waals surface area contributed by atoms with Crippen LogP contribution in [0.3, 0.4) is 0 Å². The number of amides is 1. The van der Waals surface area contributed by atoms with E-state index in [2.05, 4.69) is 15.2 Å². The number of carbonyl (C=O) groups excluding carboxylic acids is 1. The van der Waals surface area contributed by atoms with Crippen molar-refractivity contribution in [2.75, 3.05) is 27.3 Å². The first kappa shape index (κ1) is 17.3. The number of aromatic amines is 1. The third-order valence-electron chi connectivity index (χ3n) is 5.11. The third-order valence-corrected chi connectivity index (χ3v) is 5.11. The Hall–Kier alpha value is -3.09. The molecule has 1 aliphatic rings. The predicted octanol–water partition coefficient (Wildman–Crippen LogP) is 2.99. The highest BCUT2D eigenvalue weighted by Gasteiger charge is 2.28. The summed E-state index contributed by atoms with van der Waals surface area (Å²) in [6.45, 7) is 1.40.